The molecule has 7 heteroatoms. The fraction of sp³-hybridized carbons (Fsp3) is 0.333. The molecule has 3 aromatic heterocycles. The zero-order valence-electron chi connectivity index (χ0n) is 16.1. The zero-order valence-corrected chi connectivity index (χ0v) is 16.1. The third kappa shape index (κ3) is 3.54. The zero-order chi connectivity index (χ0) is 19.7. The van der Waals surface area contributed by atoms with Crippen LogP contribution in [0.25, 0.3) is 11.1 Å². The Morgan fingerprint density at radius 2 is 2.14 bits per heavy atom. The van der Waals surface area contributed by atoms with Crippen LogP contribution in [0.2, 0.25) is 0 Å². The fourth-order valence-corrected chi connectivity index (χ4v) is 3.29. The van der Waals surface area contributed by atoms with Crippen molar-refractivity contribution in [2.75, 3.05) is 13.7 Å². The van der Waals surface area contributed by atoms with E-state index in [-0.39, 0.29) is 0 Å². The number of pyridine rings is 1. The van der Waals surface area contributed by atoms with Gasteiger partial charge in [-0.05, 0) is 31.5 Å². The highest BCUT2D eigenvalue weighted by Crippen LogP contribution is 2.47. The number of aryl methyl sites for hydroxylation is 2. The normalized spacial score (nSPS) is 17.8. The summed E-state index contributed by atoms with van der Waals surface area (Å²) in [5.74, 6) is 2.78. The number of rotatable bonds is 6. The van der Waals surface area contributed by atoms with Crippen LogP contribution in [0, 0.1) is 24.2 Å². The van der Waals surface area contributed by atoms with E-state index in [1.807, 2.05) is 38.4 Å². The van der Waals surface area contributed by atoms with Crippen molar-refractivity contribution in [3.05, 3.63) is 54.0 Å². The molecule has 1 aliphatic carbocycles. The van der Waals surface area contributed by atoms with Crippen LogP contribution in [0.4, 0.5) is 0 Å². The minimum Gasteiger partial charge on any atom is -0.495 e. The van der Waals surface area contributed by atoms with Gasteiger partial charge in [0.05, 0.1) is 25.5 Å². The van der Waals surface area contributed by atoms with Gasteiger partial charge in [0.1, 0.15) is 23.3 Å². The van der Waals surface area contributed by atoms with Crippen molar-refractivity contribution in [1.82, 2.24) is 19.5 Å². The molecule has 0 bridgehead atoms. The SMILES string of the molecule is COc1ccc([C@@H]2CC2COc2nc(C)ncc2-c2cc(C#N)n(C)c2)nc1. The summed E-state index contributed by atoms with van der Waals surface area (Å²) in [5.41, 5.74) is 3.31. The first-order valence-electron chi connectivity index (χ1n) is 9.12. The van der Waals surface area contributed by atoms with Crippen molar-refractivity contribution in [3.8, 4) is 28.8 Å². The summed E-state index contributed by atoms with van der Waals surface area (Å²) in [4.78, 5) is 13.3. The molecule has 0 amide bonds. The van der Waals surface area contributed by atoms with Crippen molar-refractivity contribution in [3.63, 3.8) is 0 Å². The molecule has 0 aliphatic heterocycles. The number of hydrogen-bond donors (Lipinski definition) is 0. The molecular weight excluding hydrogens is 354 g/mol. The molecule has 0 spiro atoms. The maximum atomic E-state index is 9.20. The molecule has 4 rings (SSSR count). The first kappa shape index (κ1) is 18.0. The molecule has 1 aliphatic rings. The quantitative estimate of drug-likeness (QED) is 0.657. The molecule has 0 radical (unpaired) electrons. The second kappa shape index (κ2) is 7.31. The average molecular weight is 375 g/mol. The predicted molar refractivity (Wildman–Crippen MR) is 103 cm³/mol. The van der Waals surface area contributed by atoms with Crippen molar-refractivity contribution in [2.24, 2.45) is 13.0 Å². The molecule has 1 saturated carbocycles. The summed E-state index contributed by atoms with van der Waals surface area (Å²) in [6, 6.07) is 7.94. The number of nitrogens with zero attached hydrogens (tertiary/aromatic N) is 5. The van der Waals surface area contributed by atoms with Crippen molar-refractivity contribution < 1.29 is 9.47 Å². The highest BCUT2D eigenvalue weighted by atomic mass is 16.5. The van der Waals surface area contributed by atoms with Crippen LogP contribution >= 0.6 is 0 Å². The van der Waals surface area contributed by atoms with Crippen molar-refractivity contribution in [1.29, 1.82) is 5.26 Å². The molecule has 7 nitrogen and oxygen atoms in total. The van der Waals surface area contributed by atoms with Gasteiger partial charge in [0.15, 0.2) is 0 Å². The van der Waals surface area contributed by atoms with E-state index in [0.717, 1.165) is 29.0 Å². The van der Waals surface area contributed by atoms with E-state index in [0.29, 0.717) is 35.8 Å². The average Bonchev–Trinajstić information content (AvgIpc) is 3.40. The van der Waals surface area contributed by atoms with Gasteiger partial charge < -0.3 is 14.0 Å². The monoisotopic (exact) mass is 375 g/mol. The van der Waals surface area contributed by atoms with Crippen LogP contribution in [0.5, 0.6) is 11.6 Å². The maximum absolute atomic E-state index is 9.20. The summed E-state index contributed by atoms with van der Waals surface area (Å²) in [6.45, 7) is 2.41. The summed E-state index contributed by atoms with van der Waals surface area (Å²) in [6.07, 6.45) is 6.44. The molecule has 2 atom stereocenters. The molecule has 1 fully saturated rings. The van der Waals surface area contributed by atoms with E-state index in [2.05, 4.69) is 21.0 Å². The van der Waals surface area contributed by atoms with Gasteiger partial charge in [-0.25, -0.2) is 4.98 Å². The van der Waals surface area contributed by atoms with Crippen LogP contribution in [-0.2, 0) is 7.05 Å². The predicted octanol–water partition coefficient (Wildman–Crippen LogP) is 3.25. The Kier molecular flexibility index (Phi) is 4.70. The van der Waals surface area contributed by atoms with E-state index < -0.39 is 0 Å². The largest absolute Gasteiger partial charge is 0.495 e. The second-order valence-electron chi connectivity index (χ2n) is 7.01. The Bertz CT molecular complexity index is 1040. The third-order valence-corrected chi connectivity index (χ3v) is 5.04. The van der Waals surface area contributed by atoms with E-state index in [4.69, 9.17) is 9.47 Å². The van der Waals surface area contributed by atoms with E-state index >= 15 is 0 Å². The van der Waals surface area contributed by atoms with E-state index in [1.165, 1.54) is 0 Å². The fourth-order valence-electron chi connectivity index (χ4n) is 3.29. The molecule has 142 valence electrons. The van der Waals surface area contributed by atoms with Gasteiger partial charge in [0, 0.05) is 42.5 Å². The number of hydrogen-bond acceptors (Lipinski definition) is 6. The van der Waals surface area contributed by atoms with Crippen molar-refractivity contribution in [2.45, 2.75) is 19.3 Å². The van der Waals surface area contributed by atoms with Crippen LogP contribution < -0.4 is 9.47 Å². The lowest BCUT2D eigenvalue weighted by Gasteiger charge is -2.10. The Hall–Kier alpha value is -3.40. The number of ether oxygens (including phenoxy) is 2. The highest BCUT2D eigenvalue weighted by Gasteiger charge is 2.40. The Balaban J connectivity index is 1.48. The number of aromatic nitrogens is 4. The van der Waals surface area contributed by atoms with E-state index in [9.17, 15) is 5.26 Å². The smallest absolute Gasteiger partial charge is 0.224 e. The molecule has 1 unspecified atom stereocenters. The molecule has 3 heterocycles. The van der Waals surface area contributed by atoms with Gasteiger partial charge in [0.2, 0.25) is 5.88 Å². The second-order valence-corrected chi connectivity index (χ2v) is 7.01. The van der Waals surface area contributed by atoms with Gasteiger partial charge >= 0.3 is 0 Å². The van der Waals surface area contributed by atoms with Crippen LogP contribution in [0.3, 0.4) is 0 Å². The first-order chi connectivity index (χ1) is 13.6. The van der Waals surface area contributed by atoms with E-state index in [1.54, 1.807) is 24.1 Å². The van der Waals surface area contributed by atoms with Gasteiger partial charge in [-0.3, -0.25) is 4.98 Å². The highest BCUT2D eigenvalue weighted by molar-refractivity contribution is 5.68. The Labute approximate surface area is 163 Å². The lowest BCUT2D eigenvalue weighted by molar-refractivity contribution is 0.285. The van der Waals surface area contributed by atoms with Crippen LogP contribution in [0.15, 0.2) is 36.8 Å². The molecule has 0 aromatic carbocycles. The standard InChI is InChI=1S/C21H21N5O2/c1-13-23-10-19(14-6-16(8-22)26(2)11-14)21(25-13)28-12-15-7-18(15)20-5-4-17(27-3)9-24-20/h4-6,9-11,15,18H,7,12H2,1-3H3/t15?,18-/m1/s1. The van der Waals surface area contributed by atoms with Crippen LogP contribution in [-0.4, -0.2) is 33.2 Å². The molecule has 0 saturated heterocycles. The minimum atomic E-state index is 0.402. The number of nitriles is 1. The lowest BCUT2D eigenvalue weighted by Crippen LogP contribution is -2.05. The van der Waals surface area contributed by atoms with Gasteiger partial charge in [-0.15, -0.1) is 0 Å². The molecular formula is C21H21N5O2. The maximum Gasteiger partial charge on any atom is 0.224 e. The third-order valence-electron chi connectivity index (χ3n) is 5.04. The lowest BCUT2D eigenvalue weighted by atomic mass is 10.1. The van der Waals surface area contributed by atoms with Crippen LogP contribution in [0.1, 0.15) is 29.6 Å². The van der Waals surface area contributed by atoms with Crippen molar-refractivity contribution >= 4 is 0 Å². The van der Waals surface area contributed by atoms with Gasteiger partial charge in [0.25, 0.3) is 0 Å². The Morgan fingerprint density at radius 3 is 2.82 bits per heavy atom. The van der Waals surface area contributed by atoms with Gasteiger partial charge in [-0.2, -0.15) is 10.2 Å². The summed E-state index contributed by atoms with van der Waals surface area (Å²) < 4.78 is 13.0. The van der Waals surface area contributed by atoms with Gasteiger partial charge in [-0.1, -0.05) is 0 Å². The summed E-state index contributed by atoms with van der Waals surface area (Å²) in [5, 5.41) is 9.20. The minimum absolute atomic E-state index is 0.402. The molecule has 3 aromatic rings. The number of methoxy groups -OCH3 is 1. The molecule has 0 N–H and O–H groups in total. The topological polar surface area (TPSA) is 85.9 Å². The Morgan fingerprint density at radius 1 is 1.29 bits per heavy atom. The summed E-state index contributed by atoms with van der Waals surface area (Å²) >= 11 is 0. The first-order valence-corrected chi connectivity index (χ1v) is 9.12. The summed E-state index contributed by atoms with van der Waals surface area (Å²) in [7, 11) is 3.48. The molecule has 28 heavy (non-hydrogen) atoms.